The first-order chi connectivity index (χ1) is 11.1. The van der Waals surface area contributed by atoms with Gasteiger partial charge in [-0.15, -0.1) is 0 Å². The van der Waals surface area contributed by atoms with Crippen LogP contribution in [0.25, 0.3) is 0 Å². The molecule has 4 rings (SSSR count). The minimum Gasteiger partial charge on any atom is -0.356 e. The molecule has 0 saturated heterocycles. The van der Waals surface area contributed by atoms with E-state index < -0.39 is 0 Å². The molecule has 3 aliphatic carbocycles. The monoisotopic (exact) mass is 317 g/mol. The Morgan fingerprint density at radius 3 is 2.78 bits per heavy atom. The van der Waals surface area contributed by atoms with Gasteiger partial charge in [0.25, 0.3) is 0 Å². The summed E-state index contributed by atoms with van der Waals surface area (Å²) >= 11 is 0. The van der Waals surface area contributed by atoms with Crippen molar-refractivity contribution in [1.29, 1.82) is 0 Å². The second-order valence-electron chi connectivity index (χ2n) is 8.12. The lowest BCUT2D eigenvalue weighted by atomic mass is 9.78. The molecule has 5 heteroatoms. The van der Waals surface area contributed by atoms with E-state index >= 15 is 0 Å². The van der Waals surface area contributed by atoms with Gasteiger partial charge in [-0.1, -0.05) is 19.0 Å². The zero-order chi connectivity index (χ0) is 16.0. The molecule has 23 heavy (non-hydrogen) atoms. The summed E-state index contributed by atoms with van der Waals surface area (Å²) in [7, 11) is 0. The highest BCUT2D eigenvalue weighted by molar-refractivity contribution is 5.80. The molecule has 0 aromatic carbocycles. The van der Waals surface area contributed by atoms with Gasteiger partial charge in [-0.3, -0.25) is 4.79 Å². The Hall–Kier alpha value is -1.39. The van der Waals surface area contributed by atoms with E-state index in [1.807, 2.05) is 0 Å². The molecule has 1 aromatic heterocycles. The van der Waals surface area contributed by atoms with Crippen molar-refractivity contribution in [2.75, 3.05) is 6.54 Å². The van der Waals surface area contributed by atoms with Crippen molar-refractivity contribution in [1.82, 2.24) is 15.5 Å². The fraction of sp³-hybridized carbons (Fsp3) is 0.833. The molecule has 1 amide bonds. The van der Waals surface area contributed by atoms with Crippen molar-refractivity contribution < 1.29 is 9.32 Å². The summed E-state index contributed by atoms with van der Waals surface area (Å²) in [5.41, 5.74) is 0. The molecule has 2 bridgehead atoms. The van der Waals surface area contributed by atoms with Crippen molar-refractivity contribution in [3.8, 4) is 0 Å². The van der Waals surface area contributed by atoms with Gasteiger partial charge in [0.15, 0.2) is 5.82 Å². The fourth-order valence-corrected chi connectivity index (χ4v) is 4.52. The third-order valence-corrected chi connectivity index (χ3v) is 5.93. The standard InChI is InChI=1S/C18H27N3O2/c1-10(2)7-8-19-17(22)14-12-5-6-13(9-12)15(14)18-20-16(21-23-18)11-3-4-11/h10-15H,3-9H2,1-2H3,(H,19,22)/t12-,13+,14-,15-/m0/s1. The predicted octanol–water partition coefficient (Wildman–Crippen LogP) is 3.24. The number of nitrogens with zero attached hydrogens (tertiary/aromatic N) is 2. The maximum absolute atomic E-state index is 12.8. The highest BCUT2D eigenvalue weighted by Crippen LogP contribution is 2.56. The van der Waals surface area contributed by atoms with Gasteiger partial charge in [0.05, 0.1) is 11.8 Å². The van der Waals surface area contributed by atoms with Crippen molar-refractivity contribution in [2.45, 2.75) is 64.2 Å². The van der Waals surface area contributed by atoms with Gasteiger partial charge in [0, 0.05) is 12.5 Å². The van der Waals surface area contributed by atoms with E-state index in [9.17, 15) is 4.79 Å². The second kappa shape index (κ2) is 5.91. The minimum absolute atomic E-state index is 0.0356. The Bertz CT molecular complexity index is 579. The van der Waals surface area contributed by atoms with Crippen molar-refractivity contribution in [2.24, 2.45) is 23.7 Å². The maximum atomic E-state index is 12.8. The molecule has 0 aliphatic heterocycles. The van der Waals surface area contributed by atoms with Crippen LogP contribution in [0.3, 0.4) is 0 Å². The SMILES string of the molecule is CC(C)CCNC(=O)[C@H]1[C@H]2CC[C@H](C2)[C@@H]1c1nc(C2CC2)no1. The van der Waals surface area contributed by atoms with Crippen LogP contribution in [0.4, 0.5) is 0 Å². The van der Waals surface area contributed by atoms with Gasteiger partial charge in [0.2, 0.25) is 11.8 Å². The Kier molecular flexibility index (Phi) is 3.90. The Labute approximate surface area is 137 Å². The number of nitrogens with one attached hydrogen (secondary N) is 1. The number of amides is 1. The third-order valence-electron chi connectivity index (χ3n) is 5.93. The summed E-state index contributed by atoms with van der Waals surface area (Å²) in [6.07, 6.45) is 6.90. The van der Waals surface area contributed by atoms with Crippen LogP contribution in [-0.4, -0.2) is 22.6 Å². The molecule has 0 unspecified atom stereocenters. The second-order valence-corrected chi connectivity index (χ2v) is 8.12. The van der Waals surface area contributed by atoms with Crippen molar-refractivity contribution >= 4 is 5.91 Å². The van der Waals surface area contributed by atoms with Crippen LogP contribution >= 0.6 is 0 Å². The van der Waals surface area contributed by atoms with Crippen LogP contribution in [0, 0.1) is 23.7 Å². The van der Waals surface area contributed by atoms with Crippen LogP contribution < -0.4 is 5.32 Å². The lowest BCUT2D eigenvalue weighted by Gasteiger charge is -2.27. The number of hydrogen-bond acceptors (Lipinski definition) is 4. The quantitative estimate of drug-likeness (QED) is 0.874. The number of aromatic nitrogens is 2. The Morgan fingerprint density at radius 2 is 2.04 bits per heavy atom. The minimum atomic E-state index is 0.0356. The van der Waals surface area contributed by atoms with Gasteiger partial charge >= 0.3 is 0 Å². The van der Waals surface area contributed by atoms with E-state index in [1.54, 1.807) is 0 Å². The normalized spacial score (nSPS) is 32.7. The molecule has 1 N–H and O–H groups in total. The summed E-state index contributed by atoms with van der Waals surface area (Å²) < 4.78 is 5.58. The number of fused-ring (bicyclic) bond motifs is 2. The van der Waals surface area contributed by atoms with Crippen LogP contribution in [0.2, 0.25) is 0 Å². The molecular formula is C18H27N3O2. The zero-order valence-corrected chi connectivity index (χ0v) is 14.1. The molecule has 1 heterocycles. The molecule has 3 fully saturated rings. The summed E-state index contributed by atoms with van der Waals surface area (Å²) in [5, 5.41) is 7.32. The molecule has 1 aromatic rings. The molecule has 4 atom stereocenters. The fourth-order valence-electron chi connectivity index (χ4n) is 4.52. The number of carbonyl (C=O) groups excluding carboxylic acids is 1. The Morgan fingerprint density at radius 1 is 1.26 bits per heavy atom. The maximum Gasteiger partial charge on any atom is 0.230 e. The summed E-state index contributed by atoms with van der Waals surface area (Å²) in [4.78, 5) is 17.4. The third kappa shape index (κ3) is 2.90. The van der Waals surface area contributed by atoms with E-state index in [-0.39, 0.29) is 17.7 Å². The van der Waals surface area contributed by atoms with Crippen molar-refractivity contribution in [3.05, 3.63) is 11.7 Å². The molecular weight excluding hydrogens is 290 g/mol. The zero-order valence-electron chi connectivity index (χ0n) is 14.1. The molecule has 0 radical (unpaired) electrons. The lowest BCUT2D eigenvalue weighted by molar-refractivity contribution is -0.127. The first kappa shape index (κ1) is 15.2. The topological polar surface area (TPSA) is 68.0 Å². The van der Waals surface area contributed by atoms with Gasteiger partial charge in [0.1, 0.15) is 0 Å². The van der Waals surface area contributed by atoms with Crippen LogP contribution in [0.1, 0.15) is 75.9 Å². The van der Waals surface area contributed by atoms with E-state index in [0.29, 0.717) is 23.7 Å². The number of hydrogen-bond donors (Lipinski definition) is 1. The summed E-state index contributed by atoms with van der Waals surface area (Å²) in [6, 6.07) is 0. The van der Waals surface area contributed by atoms with Gasteiger partial charge in [-0.25, -0.2) is 0 Å². The van der Waals surface area contributed by atoms with Crippen LogP contribution in [0.15, 0.2) is 4.52 Å². The van der Waals surface area contributed by atoms with Crippen LogP contribution in [0.5, 0.6) is 0 Å². The van der Waals surface area contributed by atoms with Gasteiger partial charge < -0.3 is 9.84 Å². The average molecular weight is 317 g/mol. The van der Waals surface area contributed by atoms with Gasteiger partial charge in [-0.05, 0) is 56.3 Å². The van der Waals surface area contributed by atoms with E-state index in [1.165, 1.54) is 25.7 Å². The lowest BCUT2D eigenvalue weighted by Crippen LogP contribution is -2.38. The van der Waals surface area contributed by atoms with E-state index in [2.05, 4.69) is 29.3 Å². The predicted molar refractivity (Wildman–Crippen MR) is 85.8 cm³/mol. The average Bonchev–Trinajstić information content (AvgIpc) is 2.97. The number of carbonyl (C=O) groups is 1. The van der Waals surface area contributed by atoms with Gasteiger partial charge in [-0.2, -0.15) is 4.98 Å². The van der Waals surface area contributed by atoms with E-state index in [4.69, 9.17) is 4.52 Å². The summed E-state index contributed by atoms with van der Waals surface area (Å²) in [6.45, 7) is 5.14. The molecule has 3 saturated carbocycles. The first-order valence-electron chi connectivity index (χ1n) is 9.24. The smallest absolute Gasteiger partial charge is 0.230 e. The molecule has 5 nitrogen and oxygen atoms in total. The van der Waals surface area contributed by atoms with E-state index in [0.717, 1.165) is 31.1 Å². The van der Waals surface area contributed by atoms with Crippen LogP contribution in [-0.2, 0) is 4.79 Å². The number of rotatable bonds is 6. The Balaban J connectivity index is 1.48. The highest BCUT2D eigenvalue weighted by Gasteiger charge is 2.53. The first-order valence-corrected chi connectivity index (χ1v) is 9.24. The molecule has 3 aliphatic rings. The highest BCUT2D eigenvalue weighted by atomic mass is 16.5. The molecule has 126 valence electrons. The molecule has 0 spiro atoms. The largest absolute Gasteiger partial charge is 0.356 e. The van der Waals surface area contributed by atoms with Crippen molar-refractivity contribution in [3.63, 3.8) is 0 Å². The summed E-state index contributed by atoms with van der Waals surface area (Å²) in [5.74, 6) is 4.14.